The van der Waals surface area contributed by atoms with E-state index in [1.807, 2.05) is 34.6 Å². The smallest absolute Gasteiger partial charge is 0.291 e. The lowest BCUT2D eigenvalue weighted by molar-refractivity contribution is -0.151. The first-order chi connectivity index (χ1) is 18.2. The zero-order chi connectivity index (χ0) is 28.9. The van der Waals surface area contributed by atoms with Crippen LogP contribution in [0.2, 0.25) is 0 Å². The van der Waals surface area contributed by atoms with Crippen LogP contribution in [0, 0.1) is 34.5 Å². The second kappa shape index (κ2) is 10.9. The number of likely N-dealkylation sites (tertiary alicyclic amines) is 1. The minimum atomic E-state index is -2.41. The summed E-state index contributed by atoms with van der Waals surface area (Å²) in [5, 5.41) is 6.45. The number of piperidine rings is 2. The van der Waals surface area contributed by atoms with Gasteiger partial charge in [0.15, 0.2) is 0 Å². The molecule has 4 rings (SSSR count). The summed E-state index contributed by atoms with van der Waals surface area (Å²) in [6.07, 6.45) is 3.38. The number of carbonyl (C=O) groups is 5. The summed E-state index contributed by atoms with van der Waals surface area (Å²) in [6, 6.07) is -1.75. The predicted octanol–water partition coefficient (Wildman–Crippen LogP) is 1.72. The molecule has 2 aliphatic carbocycles. The van der Waals surface area contributed by atoms with Gasteiger partial charge in [-0.25, -0.2) is 9.40 Å². The standard InChI is InChI=1S/C27H41ClFN5O5/c1-6-26(2,3)19(31-22(36)14-9-10-14)24(38)33-13-16-17(27(16,4)5)18(33)23(37)32-34(25(39)20(28)29)12-15-8-7-11-30-21(15)35/h14-20H,6-13H2,1-5H3,(H,30,35)(H,31,36)(H,32,37)/t15-,16+,17+,18+,19?,20?/m1/s1. The molecule has 0 bridgehead atoms. The van der Waals surface area contributed by atoms with Crippen molar-refractivity contribution < 1.29 is 28.4 Å². The number of hydrogen-bond acceptors (Lipinski definition) is 5. The van der Waals surface area contributed by atoms with Crippen molar-refractivity contribution in [2.75, 3.05) is 19.6 Å². The lowest BCUT2D eigenvalue weighted by Crippen LogP contribution is -2.62. The van der Waals surface area contributed by atoms with E-state index in [2.05, 4.69) is 16.1 Å². The zero-order valence-electron chi connectivity index (χ0n) is 23.4. The fourth-order valence-electron chi connectivity index (χ4n) is 6.12. The van der Waals surface area contributed by atoms with E-state index < -0.39 is 40.9 Å². The molecule has 39 heavy (non-hydrogen) atoms. The number of amides is 5. The van der Waals surface area contributed by atoms with Gasteiger partial charge in [-0.15, -0.1) is 0 Å². The molecule has 2 saturated heterocycles. The molecular weight excluding hydrogens is 529 g/mol. The van der Waals surface area contributed by atoms with Crippen molar-refractivity contribution in [3.8, 4) is 0 Å². The van der Waals surface area contributed by atoms with Gasteiger partial charge in [-0.3, -0.25) is 29.4 Å². The molecule has 2 aliphatic heterocycles. The van der Waals surface area contributed by atoms with Crippen molar-refractivity contribution in [2.45, 2.75) is 84.4 Å². The maximum absolute atomic E-state index is 14.0. The molecule has 0 spiro atoms. The van der Waals surface area contributed by atoms with Gasteiger partial charge in [-0.1, -0.05) is 46.2 Å². The summed E-state index contributed by atoms with van der Waals surface area (Å²) >= 11 is 5.45. The van der Waals surface area contributed by atoms with Gasteiger partial charge in [-0.2, -0.15) is 0 Å². The number of nitrogens with zero attached hydrogens (tertiary/aromatic N) is 2. The lowest BCUT2D eigenvalue weighted by atomic mass is 9.80. The van der Waals surface area contributed by atoms with Gasteiger partial charge in [0, 0.05) is 19.0 Å². The van der Waals surface area contributed by atoms with Crippen LogP contribution in [0.1, 0.15) is 66.7 Å². The molecule has 10 nitrogen and oxygen atoms in total. The molecule has 4 fully saturated rings. The maximum Gasteiger partial charge on any atom is 0.291 e. The van der Waals surface area contributed by atoms with Crippen LogP contribution in [0.4, 0.5) is 4.39 Å². The minimum absolute atomic E-state index is 0.0666. The summed E-state index contributed by atoms with van der Waals surface area (Å²) in [5.41, 5.74) is -0.677. The van der Waals surface area contributed by atoms with E-state index >= 15 is 0 Å². The SMILES string of the molecule is CCC(C)(C)C(NC(=O)C1CC1)C(=O)N1C[C@H]2[C@@H]([C@H]1C(=O)NN(C[C@H]1CCCNC1=O)C(=O)C(F)Cl)C2(C)C. The molecule has 5 amide bonds. The molecule has 0 aromatic rings. The summed E-state index contributed by atoms with van der Waals surface area (Å²) < 4.78 is 13.9. The van der Waals surface area contributed by atoms with Crippen LogP contribution >= 0.6 is 11.6 Å². The van der Waals surface area contributed by atoms with Crippen molar-refractivity contribution >= 4 is 41.1 Å². The lowest BCUT2D eigenvalue weighted by Gasteiger charge is -2.39. The number of hydrogen-bond donors (Lipinski definition) is 3. The Kier molecular flexibility index (Phi) is 8.23. The highest BCUT2D eigenvalue weighted by molar-refractivity contribution is 6.29. The Morgan fingerprint density at radius 2 is 1.87 bits per heavy atom. The summed E-state index contributed by atoms with van der Waals surface area (Å²) in [7, 11) is 0. The van der Waals surface area contributed by atoms with E-state index in [1.54, 1.807) is 0 Å². The van der Waals surface area contributed by atoms with Gasteiger partial charge < -0.3 is 15.5 Å². The molecule has 0 aromatic carbocycles. The normalized spacial score (nSPS) is 29.0. The molecule has 4 aliphatic rings. The first-order valence-corrected chi connectivity index (χ1v) is 14.4. The fraction of sp³-hybridized carbons (Fsp3) is 0.815. The third-order valence-corrected chi connectivity index (χ3v) is 9.62. The van der Waals surface area contributed by atoms with E-state index in [-0.39, 0.29) is 47.4 Å². The van der Waals surface area contributed by atoms with Crippen LogP contribution in [0.5, 0.6) is 0 Å². The largest absolute Gasteiger partial charge is 0.356 e. The second-order valence-electron chi connectivity index (χ2n) is 12.8. The number of rotatable bonds is 9. The summed E-state index contributed by atoms with van der Waals surface area (Å²) in [4.78, 5) is 66.9. The van der Waals surface area contributed by atoms with Crippen LogP contribution in [-0.4, -0.2) is 76.8 Å². The Morgan fingerprint density at radius 1 is 1.21 bits per heavy atom. The Hall–Kier alpha value is -2.43. The number of halogens is 2. The third-order valence-electron chi connectivity index (χ3n) is 9.43. The van der Waals surface area contributed by atoms with Crippen LogP contribution in [-0.2, 0) is 24.0 Å². The van der Waals surface area contributed by atoms with E-state index in [0.717, 1.165) is 17.9 Å². The van der Waals surface area contributed by atoms with E-state index in [0.29, 0.717) is 32.4 Å². The highest BCUT2D eigenvalue weighted by Crippen LogP contribution is 2.65. The highest BCUT2D eigenvalue weighted by atomic mass is 35.5. The Bertz CT molecular complexity index is 1030. The average Bonchev–Trinajstić information content (AvgIpc) is 3.76. The molecule has 2 heterocycles. The van der Waals surface area contributed by atoms with Crippen LogP contribution < -0.4 is 16.1 Å². The first-order valence-electron chi connectivity index (χ1n) is 14.0. The monoisotopic (exact) mass is 569 g/mol. The highest BCUT2D eigenvalue weighted by Gasteiger charge is 2.70. The number of fused-ring (bicyclic) bond motifs is 1. The maximum atomic E-state index is 14.0. The number of carbonyl (C=O) groups excluding carboxylic acids is 5. The van der Waals surface area contributed by atoms with Crippen LogP contribution in [0.15, 0.2) is 0 Å². The van der Waals surface area contributed by atoms with Crippen molar-refractivity contribution in [2.24, 2.45) is 34.5 Å². The Morgan fingerprint density at radius 3 is 2.44 bits per heavy atom. The number of hydrazine groups is 1. The van der Waals surface area contributed by atoms with Crippen molar-refractivity contribution in [1.82, 2.24) is 26.0 Å². The third kappa shape index (κ3) is 5.88. The van der Waals surface area contributed by atoms with E-state index in [4.69, 9.17) is 11.6 Å². The number of nitrogens with one attached hydrogen (secondary N) is 3. The average molecular weight is 570 g/mol. The molecule has 218 valence electrons. The van der Waals surface area contributed by atoms with Gasteiger partial charge in [0.05, 0.1) is 12.5 Å². The van der Waals surface area contributed by atoms with Crippen molar-refractivity contribution in [1.29, 1.82) is 0 Å². The Labute approximate surface area is 234 Å². The van der Waals surface area contributed by atoms with Gasteiger partial charge in [0.1, 0.15) is 12.1 Å². The Balaban J connectivity index is 1.57. The molecule has 12 heteroatoms. The molecule has 0 aromatic heterocycles. The van der Waals surface area contributed by atoms with Crippen molar-refractivity contribution in [3.05, 3.63) is 0 Å². The zero-order valence-corrected chi connectivity index (χ0v) is 24.1. The number of alkyl halides is 2. The molecule has 3 N–H and O–H groups in total. The van der Waals surface area contributed by atoms with Gasteiger partial charge in [-0.05, 0) is 54.8 Å². The van der Waals surface area contributed by atoms with Crippen LogP contribution in [0.3, 0.4) is 0 Å². The van der Waals surface area contributed by atoms with Crippen molar-refractivity contribution in [3.63, 3.8) is 0 Å². The van der Waals surface area contributed by atoms with Crippen LogP contribution in [0.25, 0.3) is 0 Å². The summed E-state index contributed by atoms with van der Waals surface area (Å²) in [5.74, 6) is -3.40. The molecular formula is C27H41ClFN5O5. The van der Waals surface area contributed by atoms with Gasteiger partial charge in [0.2, 0.25) is 17.7 Å². The fourth-order valence-corrected chi connectivity index (χ4v) is 6.24. The van der Waals surface area contributed by atoms with Gasteiger partial charge >= 0.3 is 0 Å². The first kappa shape index (κ1) is 29.6. The van der Waals surface area contributed by atoms with E-state index in [9.17, 15) is 28.4 Å². The predicted molar refractivity (Wildman–Crippen MR) is 141 cm³/mol. The molecule has 2 saturated carbocycles. The topological polar surface area (TPSA) is 128 Å². The van der Waals surface area contributed by atoms with Gasteiger partial charge in [0.25, 0.3) is 17.4 Å². The molecule has 2 unspecified atom stereocenters. The molecule has 6 atom stereocenters. The minimum Gasteiger partial charge on any atom is -0.356 e. The second-order valence-corrected chi connectivity index (χ2v) is 13.2. The van der Waals surface area contributed by atoms with E-state index in [1.165, 1.54) is 4.90 Å². The summed E-state index contributed by atoms with van der Waals surface area (Å²) in [6.45, 7) is 10.4. The molecule has 0 radical (unpaired) electrons. The quantitative estimate of drug-likeness (QED) is 0.288.